The van der Waals surface area contributed by atoms with Gasteiger partial charge >= 0.3 is 0 Å². The Kier molecular flexibility index (Phi) is 3.87. The third-order valence-corrected chi connectivity index (χ3v) is 4.29. The van der Waals surface area contributed by atoms with Crippen molar-refractivity contribution in [3.8, 4) is 0 Å². The highest BCUT2D eigenvalue weighted by Gasteiger charge is 2.21. The van der Waals surface area contributed by atoms with Gasteiger partial charge in [0.25, 0.3) is 0 Å². The van der Waals surface area contributed by atoms with Gasteiger partial charge in [-0.05, 0) is 25.0 Å². The summed E-state index contributed by atoms with van der Waals surface area (Å²) in [6, 6.07) is 7.02. The van der Waals surface area contributed by atoms with Gasteiger partial charge < -0.3 is 10.6 Å². The second-order valence-corrected chi connectivity index (χ2v) is 5.35. The zero-order valence-electron chi connectivity index (χ0n) is 9.75. The van der Waals surface area contributed by atoms with Crippen LogP contribution in [0.1, 0.15) is 31.2 Å². The molecule has 0 saturated heterocycles. The molecule has 0 radical (unpaired) electrons. The van der Waals surface area contributed by atoms with E-state index in [0.717, 1.165) is 4.47 Å². The van der Waals surface area contributed by atoms with Crippen LogP contribution in [0.15, 0.2) is 22.7 Å². The molecular formula is C13H19BrN2. The highest BCUT2D eigenvalue weighted by atomic mass is 79.9. The molecule has 3 heteroatoms. The Morgan fingerprint density at radius 2 is 2.06 bits per heavy atom. The number of hydrogen-bond acceptors (Lipinski definition) is 2. The lowest BCUT2D eigenvalue weighted by Crippen LogP contribution is -2.30. The Morgan fingerprint density at radius 3 is 2.69 bits per heavy atom. The van der Waals surface area contributed by atoms with Crippen LogP contribution in [0.4, 0.5) is 5.69 Å². The SMILES string of the molecule is CN(c1cccc(Br)c1CN)C1CCCC1. The molecule has 0 bridgehead atoms. The Morgan fingerprint density at radius 1 is 1.38 bits per heavy atom. The maximum atomic E-state index is 5.83. The molecule has 0 atom stereocenters. The molecule has 2 nitrogen and oxygen atoms in total. The predicted octanol–water partition coefficient (Wildman–Crippen LogP) is 3.29. The zero-order chi connectivity index (χ0) is 11.5. The van der Waals surface area contributed by atoms with Crippen LogP contribution in [-0.2, 0) is 6.54 Å². The molecule has 1 aromatic rings. The Labute approximate surface area is 106 Å². The van der Waals surface area contributed by atoms with Crippen molar-refractivity contribution in [3.63, 3.8) is 0 Å². The lowest BCUT2D eigenvalue weighted by Gasteiger charge is -2.29. The van der Waals surface area contributed by atoms with Gasteiger partial charge in [-0.3, -0.25) is 0 Å². The monoisotopic (exact) mass is 282 g/mol. The number of nitrogens with two attached hydrogens (primary N) is 1. The topological polar surface area (TPSA) is 29.3 Å². The van der Waals surface area contributed by atoms with Crippen LogP contribution in [-0.4, -0.2) is 13.1 Å². The highest BCUT2D eigenvalue weighted by molar-refractivity contribution is 9.10. The van der Waals surface area contributed by atoms with Crippen LogP contribution in [0.25, 0.3) is 0 Å². The van der Waals surface area contributed by atoms with Crippen LogP contribution in [0, 0.1) is 0 Å². The minimum Gasteiger partial charge on any atom is -0.371 e. The molecule has 0 aromatic heterocycles. The van der Waals surface area contributed by atoms with Crippen molar-refractivity contribution in [1.29, 1.82) is 0 Å². The van der Waals surface area contributed by atoms with E-state index < -0.39 is 0 Å². The second-order valence-electron chi connectivity index (χ2n) is 4.49. The van der Waals surface area contributed by atoms with Gasteiger partial charge in [0.2, 0.25) is 0 Å². The summed E-state index contributed by atoms with van der Waals surface area (Å²) >= 11 is 3.58. The molecule has 16 heavy (non-hydrogen) atoms. The van der Waals surface area contributed by atoms with E-state index in [1.165, 1.54) is 36.9 Å². The summed E-state index contributed by atoms with van der Waals surface area (Å²) < 4.78 is 1.12. The van der Waals surface area contributed by atoms with Gasteiger partial charge in [-0.25, -0.2) is 0 Å². The first-order valence-electron chi connectivity index (χ1n) is 5.94. The Balaban J connectivity index is 2.27. The van der Waals surface area contributed by atoms with Gasteiger partial charge in [0.15, 0.2) is 0 Å². The van der Waals surface area contributed by atoms with E-state index in [2.05, 4.69) is 46.1 Å². The average molecular weight is 283 g/mol. The van der Waals surface area contributed by atoms with Crippen LogP contribution < -0.4 is 10.6 Å². The van der Waals surface area contributed by atoms with Gasteiger partial charge in [-0.15, -0.1) is 0 Å². The Hall–Kier alpha value is -0.540. The van der Waals surface area contributed by atoms with Gasteiger partial charge in [0.1, 0.15) is 0 Å². The van der Waals surface area contributed by atoms with E-state index in [-0.39, 0.29) is 0 Å². The standard InChI is InChI=1S/C13H19BrN2/c1-16(10-5-2-3-6-10)13-8-4-7-12(14)11(13)9-15/h4,7-8,10H,2-3,5-6,9,15H2,1H3. The normalized spacial score (nSPS) is 16.7. The second kappa shape index (κ2) is 5.19. The van der Waals surface area contributed by atoms with Gasteiger partial charge in [-0.2, -0.15) is 0 Å². The first-order valence-corrected chi connectivity index (χ1v) is 6.73. The fourth-order valence-corrected chi connectivity index (χ4v) is 3.09. The smallest absolute Gasteiger partial charge is 0.0423 e. The van der Waals surface area contributed by atoms with Crippen molar-refractivity contribution in [2.75, 3.05) is 11.9 Å². The first-order chi connectivity index (χ1) is 7.74. The van der Waals surface area contributed by atoms with E-state index in [9.17, 15) is 0 Å². The summed E-state index contributed by atoms with van der Waals surface area (Å²) in [5.41, 5.74) is 8.33. The minimum absolute atomic E-state index is 0.591. The van der Waals surface area contributed by atoms with Crippen molar-refractivity contribution < 1.29 is 0 Å². The fourth-order valence-electron chi connectivity index (χ4n) is 2.57. The number of nitrogens with zero attached hydrogens (tertiary/aromatic N) is 1. The maximum absolute atomic E-state index is 5.83. The summed E-state index contributed by atoms with van der Waals surface area (Å²) in [5.74, 6) is 0. The van der Waals surface area contributed by atoms with E-state index >= 15 is 0 Å². The summed E-state index contributed by atoms with van der Waals surface area (Å²) in [5, 5.41) is 0. The van der Waals surface area contributed by atoms with Crippen LogP contribution in [0.5, 0.6) is 0 Å². The van der Waals surface area contributed by atoms with E-state index in [0.29, 0.717) is 12.6 Å². The molecular weight excluding hydrogens is 264 g/mol. The lowest BCUT2D eigenvalue weighted by molar-refractivity contribution is 0.650. The molecule has 2 N–H and O–H groups in total. The molecule has 0 amide bonds. The molecule has 0 spiro atoms. The van der Waals surface area contributed by atoms with E-state index in [4.69, 9.17) is 5.73 Å². The molecule has 0 heterocycles. The quantitative estimate of drug-likeness (QED) is 0.922. The molecule has 1 aromatic carbocycles. The third-order valence-electron chi connectivity index (χ3n) is 3.55. The van der Waals surface area contributed by atoms with Crippen LogP contribution >= 0.6 is 15.9 Å². The van der Waals surface area contributed by atoms with E-state index in [1.807, 2.05) is 0 Å². The zero-order valence-corrected chi connectivity index (χ0v) is 11.3. The molecule has 0 unspecified atom stereocenters. The molecule has 88 valence electrons. The predicted molar refractivity (Wildman–Crippen MR) is 72.7 cm³/mol. The van der Waals surface area contributed by atoms with Crippen molar-refractivity contribution in [2.24, 2.45) is 5.73 Å². The minimum atomic E-state index is 0.591. The number of rotatable bonds is 3. The molecule has 1 saturated carbocycles. The summed E-state index contributed by atoms with van der Waals surface area (Å²) in [6.07, 6.45) is 5.35. The largest absolute Gasteiger partial charge is 0.371 e. The number of anilines is 1. The third kappa shape index (κ3) is 2.25. The molecule has 1 aliphatic rings. The van der Waals surface area contributed by atoms with Crippen LogP contribution in [0.3, 0.4) is 0 Å². The molecule has 2 rings (SSSR count). The van der Waals surface area contributed by atoms with Gasteiger partial charge in [-0.1, -0.05) is 34.8 Å². The molecule has 1 fully saturated rings. The number of benzene rings is 1. The number of hydrogen-bond donors (Lipinski definition) is 1. The van der Waals surface area contributed by atoms with Crippen molar-refractivity contribution in [1.82, 2.24) is 0 Å². The fraction of sp³-hybridized carbons (Fsp3) is 0.538. The lowest BCUT2D eigenvalue weighted by atomic mass is 10.1. The summed E-state index contributed by atoms with van der Waals surface area (Å²) in [6.45, 7) is 0.591. The molecule has 1 aliphatic carbocycles. The Bertz CT molecular complexity index is 359. The van der Waals surface area contributed by atoms with Crippen LogP contribution in [0.2, 0.25) is 0 Å². The average Bonchev–Trinajstić information content (AvgIpc) is 2.81. The summed E-state index contributed by atoms with van der Waals surface area (Å²) in [4.78, 5) is 2.40. The summed E-state index contributed by atoms with van der Waals surface area (Å²) in [7, 11) is 2.19. The van der Waals surface area contributed by atoms with E-state index in [1.54, 1.807) is 0 Å². The van der Waals surface area contributed by atoms with Crippen molar-refractivity contribution in [2.45, 2.75) is 38.3 Å². The van der Waals surface area contributed by atoms with Crippen molar-refractivity contribution >= 4 is 21.6 Å². The molecule has 0 aliphatic heterocycles. The van der Waals surface area contributed by atoms with Crippen molar-refractivity contribution in [3.05, 3.63) is 28.2 Å². The maximum Gasteiger partial charge on any atom is 0.0423 e. The highest BCUT2D eigenvalue weighted by Crippen LogP contribution is 2.32. The number of halogens is 1. The van der Waals surface area contributed by atoms with Gasteiger partial charge in [0, 0.05) is 35.4 Å². The van der Waals surface area contributed by atoms with Gasteiger partial charge in [0.05, 0.1) is 0 Å². The first kappa shape index (κ1) is 11.9.